The molecule has 0 N–H and O–H groups in total. The Labute approximate surface area is 142 Å². The molecule has 2 unspecified atom stereocenters. The number of hydrogen-bond donors (Lipinski definition) is 0. The van der Waals surface area contributed by atoms with Crippen LogP contribution in [-0.2, 0) is 14.3 Å². The second-order valence-corrected chi connectivity index (χ2v) is 7.89. The maximum atomic E-state index is 12.5. The molecule has 0 aromatic carbocycles. The normalized spacial score (nSPS) is 35.7. The molecule has 0 aromatic rings. The SMILES string of the molecule is COC(=O)N(C)CC12C=CC(C)(O1)C(Cl)(Cl)C(=O)C2(Cl)Cl. The molecule has 1 amide bonds. The Hall–Kier alpha value is -0.200. The molecule has 2 bridgehead atoms. The smallest absolute Gasteiger partial charge is 0.409 e. The minimum absolute atomic E-state index is 0.103. The van der Waals surface area contributed by atoms with Crippen LogP contribution in [0.3, 0.4) is 0 Å². The molecule has 2 aliphatic heterocycles. The summed E-state index contributed by atoms with van der Waals surface area (Å²) < 4.78 is 6.45. The van der Waals surface area contributed by atoms with Gasteiger partial charge < -0.3 is 14.4 Å². The Kier molecular flexibility index (Phi) is 4.00. The maximum Gasteiger partial charge on any atom is 0.409 e. The second-order valence-electron chi connectivity index (χ2n) is 5.24. The summed E-state index contributed by atoms with van der Waals surface area (Å²) in [5.74, 6) is -0.793. The van der Waals surface area contributed by atoms with Crippen LogP contribution >= 0.6 is 46.4 Å². The number of amides is 1. The Morgan fingerprint density at radius 2 is 1.86 bits per heavy atom. The van der Waals surface area contributed by atoms with Crippen LogP contribution in [-0.4, -0.2) is 57.3 Å². The van der Waals surface area contributed by atoms with Gasteiger partial charge in [0.1, 0.15) is 11.2 Å². The molecule has 2 atom stereocenters. The van der Waals surface area contributed by atoms with E-state index in [-0.39, 0.29) is 6.54 Å². The lowest BCUT2D eigenvalue weighted by Gasteiger charge is -2.51. The number of halogens is 4. The lowest BCUT2D eigenvalue weighted by atomic mass is 9.88. The van der Waals surface area contributed by atoms with E-state index >= 15 is 0 Å². The molecule has 1 saturated heterocycles. The van der Waals surface area contributed by atoms with Gasteiger partial charge in [0.05, 0.1) is 13.7 Å². The first kappa shape index (κ1) is 17.2. The van der Waals surface area contributed by atoms with Crippen molar-refractivity contribution in [2.24, 2.45) is 0 Å². The van der Waals surface area contributed by atoms with Gasteiger partial charge in [-0.1, -0.05) is 52.5 Å². The number of carbonyl (C=O) groups excluding carboxylic acids is 2. The third kappa shape index (κ3) is 2.17. The van der Waals surface area contributed by atoms with Crippen molar-refractivity contribution in [3.8, 4) is 0 Å². The van der Waals surface area contributed by atoms with Gasteiger partial charge in [-0.05, 0) is 13.0 Å². The molecule has 1 fully saturated rings. The zero-order chi connectivity index (χ0) is 16.3. The van der Waals surface area contributed by atoms with Crippen LogP contribution in [0.4, 0.5) is 4.79 Å². The van der Waals surface area contributed by atoms with E-state index in [0.29, 0.717) is 0 Å². The van der Waals surface area contributed by atoms with Crippen molar-refractivity contribution in [1.82, 2.24) is 4.90 Å². The number of likely N-dealkylation sites (N-methyl/N-ethyl adjacent to an activating group) is 1. The van der Waals surface area contributed by atoms with Gasteiger partial charge in [-0.3, -0.25) is 4.79 Å². The van der Waals surface area contributed by atoms with E-state index in [1.165, 1.54) is 31.2 Å². The molecule has 21 heavy (non-hydrogen) atoms. The molecule has 0 aliphatic carbocycles. The number of Topliss-reactive ketones (excluding diaryl/α,β-unsaturated/α-hetero) is 1. The van der Waals surface area contributed by atoms with Crippen LogP contribution in [0, 0.1) is 0 Å². The van der Waals surface area contributed by atoms with Gasteiger partial charge in [-0.25, -0.2) is 4.79 Å². The van der Waals surface area contributed by atoms with Gasteiger partial charge in [0.15, 0.2) is 0 Å². The summed E-state index contributed by atoms with van der Waals surface area (Å²) in [7, 11) is 2.69. The van der Waals surface area contributed by atoms with E-state index in [1.807, 2.05) is 0 Å². The molecule has 2 heterocycles. The van der Waals surface area contributed by atoms with Crippen molar-refractivity contribution in [2.75, 3.05) is 20.7 Å². The topological polar surface area (TPSA) is 55.8 Å². The summed E-state index contributed by atoms with van der Waals surface area (Å²) in [6, 6.07) is 0. The standard InChI is InChI=1S/C12H13Cl4NO4/c1-9-4-5-10(21-9,6-17(2)8(19)20-3)12(15,16)7(18)11(9,13)14/h4-5H,6H2,1-3H3. The van der Waals surface area contributed by atoms with Crippen LogP contribution in [0.15, 0.2) is 12.2 Å². The van der Waals surface area contributed by atoms with Crippen molar-refractivity contribution >= 4 is 58.3 Å². The third-order valence-corrected chi connectivity index (χ3v) is 5.83. The first-order chi connectivity index (χ1) is 9.43. The number of ketones is 1. The lowest BCUT2D eigenvalue weighted by molar-refractivity contribution is -0.158. The van der Waals surface area contributed by atoms with Crippen molar-refractivity contribution < 1.29 is 19.1 Å². The summed E-state index contributed by atoms with van der Waals surface area (Å²) in [4.78, 5) is 25.2. The second kappa shape index (κ2) is 4.90. The highest BCUT2D eigenvalue weighted by molar-refractivity contribution is 6.70. The van der Waals surface area contributed by atoms with Gasteiger partial charge in [0.25, 0.3) is 0 Å². The van der Waals surface area contributed by atoms with E-state index in [2.05, 4.69) is 4.74 Å². The van der Waals surface area contributed by atoms with Crippen LogP contribution in [0.2, 0.25) is 0 Å². The van der Waals surface area contributed by atoms with Crippen LogP contribution in [0.25, 0.3) is 0 Å². The number of alkyl halides is 4. The average molecular weight is 377 g/mol. The molecule has 2 rings (SSSR count). The molecule has 0 aromatic heterocycles. The fourth-order valence-corrected chi connectivity index (χ4v) is 3.74. The molecule has 0 radical (unpaired) electrons. The highest BCUT2D eigenvalue weighted by Crippen LogP contribution is 2.59. The monoisotopic (exact) mass is 375 g/mol. The first-order valence-electron chi connectivity index (χ1n) is 5.94. The zero-order valence-electron chi connectivity index (χ0n) is 11.5. The summed E-state index contributed by atoms with van der Waals surface area (Å²) in [5, 5.41) is 0. The molecule has 9 heteroatoms. The predicted molar refractivity (Wildman–Crippen MR) is 80.3 cm³/mol. The van der Waals surface area contributed by atoms with Crippen LogP contribution in [0.5, 0.6) is 0 Å². The van der Waals surface area contributed by atoms with Gasteiger partial charge in [-0.15, -0.1) is 0 Å². The highest BCUT2D eigenvalue weighted by atomic mass is 35.5. The Morgan fingerprint density at radius 3 is 2.38 bits per heavy atom. The van der Waals surface area contributed by atoms with Crippen molar-refractivity contribution in [2.45, 2.75) is 26.8 Å². The summed E-state index contributed by atoms with van der Waals surface area (Å²) in [5.41, 5.74) is -2.75. The lowest BCUT2D eigenvalue weighted by Crippen LogP contribution is -2.70. The minimum atomic E-state index is -2.05. The van der Waals surface area contributed by atoms with Gasteiger partial charge >= 0.3 is 6.09 Å². The predicted octanol–water partition coefficient (Wildman–Crippen LogP) is 2.70. The summed E-state index contributed by atoms with van der Waals surface area (Å²) in [6.07, 6.45) is 2.42. The highest BCUT2D eigenvalue weighted by Gasteiger charge is 2.74. The first-order valence-corrected chi connectivity index (χ1v) is 7.45. The molecule has 5 nitrogen and oxygen atoms in total. The fourth-order valence-electron chi connectivity index (χ4n) is 2.45. The minimum Gasteiger partial charge on any atom is -0.453 e. The quantitative estimate of drug-likeness (QED) is 0.549. The number of carbonyl (C=O) groups is 2. The van der Waals surface area contributed by atoms with Gasteiger partial charge in [0.2, 0.25) is 14.4 Å². The zero-order valence-corrected chi connectivity index (χ0v) is 14.5. The molecular formula is C12H13Cl4NO4. The number of fused-ring (bicyclic) bond motifs is 2. The average Bonchev–Trinajstić information content (AvgIpc) is 2.75. The third-order valence-electron chi connectivity index (χ3n) is 3.75. The Bertz CT molecular complexity index is 535. The van der Waals surface area contributed by atoms with E-state index in [0.717, 1.165) is 0 Å². The number of ether oxygens (including phenoxy) is 2. The number of methoxy groups -OCH3 is 1. The number of rotatable bonds is 2. The number of nitrogens with zero attached hydrogens (tertiary/aromatic N) is 1. The van der Waals surface area contributed by atoms with Crippen molar-refractivity contribution in [3.05, 3.63) is 12.2 Å². The summed E-state index contributed by atoms with van der Waals surface area (Å²) >= 11 is 24.6. The molecular weight excluding hydrogens is 364 g/mol. The molecule has 118 valence electrons. The maximum absolute atomic E-state index is 12.5. The molecule has 0 spiro atoms. The Morgan fingerprint density at radius 1 is 1.29 bits per heavy atom. The number of hydrogen-bond acceptors (Lipinski definition) is 4. The fraction of sp³-hybridized carbons (Fsp3) is 0.667. The molecule has 2 aliphatic rings. The van der Waals surface area contributed by atoms with E-state index in [4.69, 9.17) is 51.1 Å². The van der Waals surface area contributed by atoms with E-state index in [1.54, 1.807) is 6.92 Å². The Balaban J connectivity index is 2.44. The van der Waals surface area contributed by atoms with E-state index < -0.39 is 31.7 Å². The van der Waals surface area contributed by atoms with Crippen molar-refractivity contribution in [1.29, 1.82) is 0 Å². The van der Waals surface area contributed by atoms with Crippen molar-refractivity contribution in [3.63, 3.8) is 0 Å². The van der Waals surface area contributed by atoms with Gasteiger partial charge in [-0.2, -0.15) is 0 Å². The summed E-state index contributed by atoms with van der Waals surface area (Å²) in [6.45, 7) is 1.44. The largest absolute Gasteiger partial charge is 0.453 e. The van der Waals surface area contributed by atoms with Gasteiger partial charge in [0, 0.05) is 7.05 Å². The van der Waals surface area contributed by atoms with Crippen LogP contribution < -0.4 is 0 Å². The molecule has 0 saturated carbocycles. The van der Waals surface area contributed by atoms with Crippen LogP contribution in [0.1, 0.15) is 6.92 Å². The van der Waals surface area contributed by atoms with E-state index in [9.17, 15) is 9.59 Å².